The third-order valence-corrected chi connectivity index (χ3v) is 5.92. The van der Waals surface area contributed by atoms with E-state index in [-0.39, 0.29) is 5.91 Å². The van der Waals surface area contributed by atoms with Gasteiger partial charge in [0.1, 0.15) is 5.69 Å². The van der Waals surface area contributed by atoms with Gasteiger partial charge in [-0.15, -0.1) is 0 Å². The van der Waals surface area contributed by atoms with Gasteiger partial charge in [-0.25, -0.2) is 0 Å². The number of nitrogens with one attached hydrogen (secondary N) is 1. The number of H-pyrrole nitrogens is 1. The molecule has 0 spiro atoms. The van der Waals surface area contributed by atoms with Gasteiger partial charge >= 0.3 is 0 Å². The maximum absolute atomic E-state index is 12.8. The standard InChI is InChI=1S/C24H36N4O/c1-18(2)14-22-15-23(26-25-22)24(29)27(4)16-20-9-7-12-28(17-20)13-11-21-10-6-5-8-19(21)3/h5-6,8,10,15,18,20H,7,9,11-14,16-17H2,1-4H3,(H,25,26)/t20-/m0/s1. The van der Waals surface area contributed by atoms with Crippen LogP contribution in [0, 0.1) is 18.8 Å². The van der Waals surface area contributed by atoms with Gasteiger partial charge in [0.2, 0.25) is 0 Å². The largest absolute Gasteiger partial charge is 0.340 e. The summed E-state index contributed by atoms with van der Waals surface area (Å²) in [6, 6.07) is 10.6. The summed E-state index contributed by atoms with van der Waals surface area (Å²) >= 11 is 0. The molecule has 0 radical (unpaired) electrons. The van der Waals surface area contributed by atoms with Crippen LogP contribution in [0.4, 0.5) is 0 Å². The van der Waals surface area contributed by atoms with Crippen LogP contribution in [-0.4, -0.2) is 59.1 Å². The molecule has 0 unspecified atom stereocenters. The molecule has 2 heterocycles. The Labute approximate surface area is 175 Å². The molecule has 0 bridgehead atoms. The maximum Gasteiger partial charge on any atom is 0.274 e. The summed E-state index contributed by atoms with van der Waals surface area (Å²) in [7, 11) is 1.91. The number of likely N-dealkylation sites (tertiary alicyclic amines) is 1. The number of aryl methyl sites for hydroxylation is 1. The number of piperidine rings is 1. The van der Waals surface area contributed by atoms with Crippen molar-refractivity contribution in [2.24, 2.45) is 11.8 Å². The van der Waals surface area contributed by atoms with Crippen molar-refractivity contribution in [1.82, 2.24) is 20.0 Å². The molecule has 1 aliphatic rings. The normalized spacial score (nSPS) is 17.6. The summed E-state index contributed by atoms with van der Waals surface area (Å²) in [5.74, 6) is 1.10. The summed E-state index contributed by atoms with van der Waals surface area (Å²) in [4.78, 5) is 17.2. The molecule has 1 saturated heterocycles. The number of carbonyl (C=O) groups excluding carboxylic acids is 1. The Kier molecular flexibility index (Phi) is 7.48. The van der Waals surface area contributed by atoms with Crippen LogP contribution in [0.25, 0.3) is 0 Å². The van der Waals surface area contributed by atoms with Gasteiger partial charge in [-0.2, -0.15) is 5.10 Å². The van der Waals surface area contributed by atoms with Crippen LogP contribution in [0.2, 0.25) is 0 Å². The van der Waals surface area contributed by atoms with E-state index in [0.29, 0.717) is 17.5 Å². The number of carbonyl (C=O) groups is 1. The minimum Gasteiger partial charge on any atom is -0.340 e. The van der Waals surface area contributed by atoms with Crippen LogP contribution >= 0.6 is 0 Å². The first kappa shape index (κ1) is 21.6. The van der Waals surface area contributed by atoms with E-state index < -0.39 is 0 Å². The summed E-state index contributed by atoms with van der Waals surface area (Å²) in [5.41, 5.74) is 4.40. The van der Waals surface area contributed by atoms with Crippen molar-refractivity contribution in [1.29, 1.82) is 0 Å². The quantitative estimate of drug-likeness (QED) is 0.735. The van der Waals surface area contributed by atoms with Crippen LogP contribution in [0.5, 0.6) is 0 Å². The minimum absolute atomic E-state index is 0.0216. The van der Waals surface area contributed by atoms with E-state index in [2.05, 4.69) is 60.1 Å². The molecule has 1 amide bonds. The molecule has 158 valence electrons. The molecule has 0 saturated carbocycles. The monoisotopic (exact) mass is 396 g/mol. The van der Waals surface area contributed by atoms with Crippen molar-refractivity contribution in [2.45, 2.75) is 46.5 Å². The molecule has 1 aliphatic heterocycles. The SMILES string of the molecule is Cc1ccccc1CCN1CCC[C@@H](CN(C)C(=O)c2cc(CC(C)C)[nH]n2)C1. The van der Waals surface area contributed by atoms with E-state index >= 15 is 0 Å². The fourth-order valence-corrected chi connectivity index (χ4v) is 4.35. The fourth-order valence-electron chi connectivity index (χ4n) is 4.35. The van der Waals surface area contributed by atoms with E-state index in [1.54, 1.807) is 0 Å². The fraction of sp³-hybridized carbons (Fsp3) is 0.583. The van der Waals surface area contributed by atoms with Crippen LogP contribution in [0.15, 0.2) is 30.3 Å². The molecule has 1 aromatic carbocycles. The Morgan fingerprint density at radius 3 is 2.90 bits per heavy atom. The highest BCUT2D eigenvalue weighted by atomic mass is 16.2. The van der Waals surface area contributed by atoms with E-state index in [0.717, 1.165) is 44.7 Å². The zero-order chi connectivity index (χ0) is 20.8. The summed E-state index contributed by atoms with van der Waals surface area (Å²) in [6.45, 7) is 10.7. The molecular formula is C24H36N4O. The molecule has 3 rings (SSSR count). The molecule has 1 aromatic heterocycles. The molecule has 1 N–H and O–H groups in total. The first-order valence-electron chi connectivity index (χ1n) is 11.0. The highest BCUT2D eigenvalue weighted by Crippen LogP contribution is 2.19. The van der Waals surface area contributed by atoms with Gasteiger partial charge in [-0.05, 0) is 68.2 Å². The smallest absolute Gasteiger partial charge is 0.274 e. The molecule has 29 heavy (non-hydrogen) atoms. The minimum atomic E-state index is 0.0216. The Morgan fingerprint density at radius 1 is 1.34 bits per heavy atom. The molecule has 1 atom stereocenters. The highest BCUT2D eigenvalue weighted by molar-refractivity contribution is 5.92. The predicted octanol–water partition coefficient (Wildman–Crippen LogP) is 3.94. The van der Waals surface area contributed by atoms with Gasteiger partial charge in [0.25, 0.3) is 5.91 Å². The van der Waals surface area contributed by atoms with E-state index in [1.807, 2.05) is 18.0 Å². The van der Waals surface area contributed by atoms with Gasteiger partial charge in [0.05, 0.1) is 0 Å². The number of hydrogen-bond acceptors (Lipinski definition) is 3. The molecule has 5 nitrogen and oxygen atoms in total. The number of benzene rings is 1. The Balaban J connectivity index is 1.49. The Bertz CT molecular complexity index is 798. The number of hydrogen-bond donors (Lipinski definition) is 1. The lowest BCUT2D eigenvalue weighted by molar-refractivity contribution is 0.0724. The molecule has 5 heteroatoms. The molecule has 2 aromatic rings. The third-order valence-electron chi connectivity index (χ3n) is 5.92. The summed E-state index contributed by atoms with van der Waals surface area (Å²) in [6.07, 6.45) is 4.42. The van der Waals surface area contributed by atoms with Crippen molar-refractivity contribution in [2.75, 3.05) is 33.2 Å². The van der Waals surface area contributed by atoms with Crippen LogP contribution in [0.1, 0.15) is 54.0 Å². The first-order chi connectivity index (χ1) is 13.9. The Hall–Kier alpha value is -2.14. The highest BCUT2D eigenvalue weighted by Gasteiger charge is 2.24. The van der Waals surface area contributed by atoms with E-state index in [4.69, 9.17) is 0 Å². The number of nitrogens with zero attached hydrogens (tertiary/aromatic N) is 3. The lowest BCUT2D eigenvalue weighted by Crippen LogP contribution is -2.42. The summed E-state index contributed by atoms with van der Waals surface area (Å²) in [5, 5.41) is 7.26. The van der Waals surface area contributed by atoms with E-state index in [9.17, 15) is 4.79 Å². The second-order valence-electron chi connectivity index (χ2n) is 9.05. The van der Waals surface area contributed by atoms with E-state index in [1.165, 1.54) is 24.0 Å². The topological polar surface area (TPSA) is 52.2 Å². The van der Waals surface area contributed by atoms with Gasteiger partial charge in [0.15, 0.2) is 0 Å². The lowest BCUT2D eigenvalue weighted by atomic mass is 9.96. The zero-order valence-corrected chi connectivity index (χ0v) is 18.4. The number of rotatable bonds is 8. The Morgan fingerprint density at radius 2 is 2.14 bits per heavy atom. The van der Waals surface area contributed by atoms with Crippen molar-refractivity contribution < 1.29 is 4.79 Å². The molecule has 1 fully saturated rings. The second kappa shape index (κ2) is 10.1. The van der Waals surface area contributed by atoms with Gasteiger partial charge in [-0.1, -0.05) is 38.1 Å². The average molecular weight is 397 g/mol. The van der Waals surface area contributed by atoms with Gasteiger partial charge in [0, 0.05) is 32.4 Å². The zero-order valence-electron chi connectivity index (χ0n) is 18.4. The number of aromatic amines is 1. The van der Waals surface area contributed by atoms with Crippen molar-refractivity contribution in [3.8, 4) is 0 Å². The maximum atomic E-state index is 12.8. The van der Waals surface area contributed by atoms with Crippen LogP contribution in [0.3, 0.4) is 0 Å². The van der Waals surface area contributed by atoms with Crippen molar-refractivity contribution in [3.63, 3.8) is 0 Å². The molecule has 0 aliphatic carbocycles. The van der Waals surface area contributed by atoms with Crippen LogP contribution < -0.4 is 0 Å². The first-order valence-corrected chi connectivity index (χ1v) is 11.0. The van der Waals surface area contributed by atoms with Gasteiger partial charge in [-0.3, -0.25) is 9.89 Å². The molecular weight excluding hydrogens is 360 g/mol. The third kappa shape index (κ3) is 6.17. The number of amides is 1. The number of aromatic nitrogens is 2. The lowest BCUT2D eigenvalue weighted by Gasteiger charge is -2.34. The second-order valence-corrected chi connectivity index (χ2v) is 9.05. The summed E-state index contributed by atoms with van der Waals surface area (Å²) < 4.78 is 0. The van der Waals surface area contributed by atoms with Crippen molar-refractivity contribution >= 4 is 5.91 Å². The average Bonchev–Trinajstić information content (AvgIpc) is 3.14. The van der Waals surface area contributed by atoms with Gasteiger partial charge < -0.3 is 9.80 Å². The predicted molar refractivity (Wildman–Crippen MR) is 118 cm³/mol. The van der Waals surface area contributed by atoms with Crippen LogP contribution in [-0.2, 0) is 12.8 Å². The van der Waals surface area contributed by atoms with Crippen molar-refractivity contribution in [3.05, 3.63) is 52.8 Å².